The van der Waals surface area contributed by atoms with Crippen LogP contribution in [0.15, 0.2) is 12.2 Å². The van der Waals surface area contributed by atoms with Crippen LogP contribution in [-0.4, -0.2) is 59.5 Å². The van der Waals surface area contributed by atoms with Gasteiger partial charge in [0.1, 0.15) is 0 Å². The molecule has 1 saturated heterocycles. The van der Waals surface area contributed by atoms with Crippen molar-refractivity contribution >= 4 is 11.9 Å². The second kappa shape index (κ2) is 12.1. The molecule has 1 heterocycles. The van der Waals surface area contributed by atoms with Gasteiger partial charge >= 0.3 is 5.97 Å². The summed E-state index contributed by atoms with van der Waals surface area (Å²) in [7, 11) is 0. The summed E-state index contributed by atoms with van der Waals surface area (Å²) in [5.41, 5.74) is 0. The van der Waals surface area contributed by atoms with Gasteiger partial charge in [-0.05, 0) is 31.9 Å². The summed E-state index contributed by atoms with van der Waals surface area (Å²) in [6.45, 7) is 6.19. The number of carbonyl (C=O) groups is 2. The third-order valence-corrected chi connectivity index (χ3v) is 4.28. The summed E-state index contributed by atoms with van der Waals surface area (Å²) in [4.78, 5) is 26.7. The van der Waals surface area contributed by atoms with E-state index in [4.69, 9.17) is 5.11 Å². The van der Waals surface area contributed by atoms with Crippen molar-refractivity contribution in [3.05, 3.63) is 12.2 Å². The van der Waals surface area contributed by atoms with Gasteiger partial charge in [0.05, 0.1) is 0 Å². The highest BCUT2D eigenvalue weighted by Gasteiger charge is 2.19. The van der Waals surface area contributed by atoms with Gasteiger partial charge in [-0.3, -0.25) is 14.5 Å². The van der Waals surface area contributed by atoms with Crippen molar-refractivity contribution in [2.45, 2.75) is 58.3 Å². The van der Waals surface area contributed by atoms with E-state index in [1.807, 2.05) is 11.0 Å². The van der Waals surface area contributed by atoms with Crippen LogP contribution in [0.2, 0.25) is 0 Å². The lowest BCUT2D eigenvalue weighted by Gasteiger charge is -2.34. The molecule has 1 aliphatic heterocycles. The molecular weight excluding hydrogens is 292 g/mol. The summed E-state index contributed by atoms with van der Waals surface area (Å²) in [6.07, 6.45) is 11.9. The van der Waals surface area contributed by atoms with Gasteiger partial charge < -0.3 is 10.0 Å². The second-order valence-electron chi connectivity index (χ2n) is 6.27. The van der Waals surface area contributed by atoms with Crippen molar-refractivity contribution in [3.8, 4) is 0 Å². The van der Waals surface area contributed by atoms with E-state index in [1.165, 1.54) is 32.1 Å². The molecule has 0 aliphatic carbocycles. The Morgan fingerprint density at radius 2 is 1.70 bits per heavy atom. The lowest BCUT2D eigenvalue weighted by Crippen LogP contribution is -2.48. The standard InChI is InChI=1S/C18H32N2O3/c1-2-3-4-5-6-7-8-10-17(21)20-15-13-19(14-16-20)12-9-11-18(22)23/h8,10H,2-7,9,11-16H2,1H3,(H,22,23). The zero-order valence-electron chi connectivity index (χ0n) is 14.5. The molecule has 5 heteroatoms. The smallest absolute Gasteiger partial charge is 0.303 e. The highest BCUT2D eigenvalue weighted by atomic mass is 16.4. The molecule has 1 amide bonds. The van der Waals surface area contributed by atoms with E-state index in [1.54, 1.807) is 6.08 Å². The van der Waals surface area contributed by atoms with Gasteiger partial charge in [0.15, 0.2) is 0 Å². The molecule has 0 aromatic rings. The Morgan fingerprint density at radius 3 is 2.35 bits per heavy atom. The normalized spacial score (nSPS) is 16.1. The molecule has 132 valence electrons. The molecule has 0 radical (unpaired) electrons. The summed E-state index contributed by atoms with van der Waals surface area (Å²) in [6, 6.07) is 0. The zero-order chi connectivity index (χ0) is 16.9. The first-order chi connectivity index (χ1) is 11.1. The Balaban J connectivity index is 2.11. The summed E-state index contributed by atoms with van der Waals surface area (Å²) >= 11 is 0. The first kappa shape index (κ1) is 19.7. The second-order valence-corrected chi connectivity index (χ2v) is 6.27. The molecule has 0 atom stereocenters. The molecule has 1 fully saturated rings. The Kier molecular flexibility index (Phi) is 10.4. The SMILES string of the molecule is CCCCCCCC=CC(=O)N1CCN(CCCC(=O)O)CC1. The van der Waals surface area contributed by atoms with Crippen LogP contribution in [0.3, 0.4) is 0 Å². The third kappa shape index (κ3) is 9.39. The predicted molar refractivity (Wildman–Crippen MR) is 92.4 cm³/mol. The molecule has 1 rings (SSSR count). The van der Waals surface area contributed by atoms with Gasteiger partial charge in [0.2, 0.25) is 5.91 Å². The van der Waals surface area contributed by atoms with Crippen LogP contribution in [0.1, 0.15) is 58.3 Å². The topological polar surface area (TPSA) is 60.9 Å². The van der Waals surface area contributed by atoms with Gasteiger partial charge in [-0.1, -0.05) is 38.7 Å². The number of unbranched alkanes of at least 4 members (excludes halogenated alkanes) is 5. The number of carboxylic acid groups (broad SMARTS) is 1. The molecule has 0 aromatic heterocycles. The van der Waals surface area contributed by atoms with Crippen LogP contribution in [0.5, 0.6) is 0 Å². The number of rotatable bonds is 11. The fourth-order valence-electron chi connectivity index (χ4n) is 2.80. The minimum absolute atomic E-state index is 0.115. The number of piperazine rings is 1. The third-order valence-electron chi connectivity index (χ3n) is 4.28. The Labute approximate surface area is 140 Å². The minimum Gasteiger partial charge on any atom is -0.481 e. The van der Waals surface area contributed by atoms with Crippen LogP contribution in [0, 0.1) is 0 Å². The van der Waals surface area contributed by atoms with Crippen molar-refractivity contribution in [1.29, 1.82) is 0 Å². The van der Waals surface area contributed by atoms with Crippen molar-refractivity contribution in [3.63, 3.8) is 0 Å². The minimum atomic E-state index is -0.737. The van der Waals surface area contributed by atoms with Crippen LogP contribution < -0.4 is 0 Å². The van der Waals surface area contributed by atoms with Crippen LogP contribution in [-0.2, 0) is 9.59 Å². The number of carboxylic acids is 1. The number of aliphatic carboxylic acids is 1. The maximum Gasteiger partial charge on any atom is 0.303 e. The predicted octanol–water partition coefficient (Wildman–Crippen LogP) is 2.91. The van der Waals surface area contributed by atoms with E-state index in [0.717, 1.165) is 39.1 Å². The van der Waals surface area contributed by atoms with E-state index in [2.05, 4.69) is 11.8 Å². The largest absolute Gasteiger partial charge is 0.481 e. The van der Waals surface area contributed by atoms with Gasteiger partial charge in [0.25, 0.3) is 0 Å². The van der Waals surface area contributed by atoms with Gasteiger partial charge in [-0.15, -0.1) is 0 Å². The maximum absolute atomic E-state index is 12.1. The molecule has 0 unspecified atom stereocenters. The first-order valence-electron chi connectivity index (χ1n) is 9.03. The Morgan fingerprint density at radius 1 is 1.00 bits per heavy atom. The van der Waals surface area contributed by atoms with Gasteiger partial charge in [0, 0.05) is 32.6 Å². The summed E-state index contributed by atoms with van der Waals surface area (Å²) in [5, 5.41) is 8.64. The monoisotopic (exact) mass is 324 g/mol. The van der Waals surface area contributed by atoms with Crippen LogP contribution >= 0.6 is 0 Å². The first-order valence-corrected chi connectivity index (χ1v) is 9.03. The average molecular weight is 324 g/mol. The number of nitrogens with zero attached hydrogens (tertiary/aromatic N) is 2. The fourth-order valence-corrected chi connectivity index (χ4v) is 2.80. The molecule has 0 aromatic carbocycles. The molecule has 0 bridgehead atoms. The molecule has 23 heavy (non-hydrogen) atoms. The lowest BCUT2D eigenvalue weighted by molar-refractivity contribution is -0.137. The van der Waals surface area contributed by atoms with Crippen LogP contribution in [0.4, 0.5) is 0 Å². The fraction of sp³-hybridized carbons (Fsp3) is 0.778. The van der Waals surface area contributed by atoms with Crippen molar-refractivity contribution in [2.24, 2.45) is 0 Å². The lowest BCUT2D eigenvalue weighted by atomic mass is 10.1. The van der Waals surface area contributed by atoms with E-state index in [-0.39, 0.29) is 12.3 Å². The molecule has 1 N–H and O–H groups in total. The highest BCUT2D eigenvalue weighted by molar-refractivity contribution is 5.87. The van der Waals surface area contributed by atoms with Gasteiger partial charge in [-0.25, -0.2) is 0 Å². The Bertz CT molecular complexity index is 374. The highest BCUT2D eigenvalue weighted by Crippen LogP contribution is 2.07. The molecule has 0 saturated carbocycles. The van der Waals surface area contributed by atoms with E-state index >= 15 is 0 Å². The van der Waals surface area contributed by atoms with Crippen molar-refractivity contribution in [2.75, 3.05) is 32.7 Å². The number of amides is 1. The Hall–Kier alpha value is -1.36. The molecule has 1 aliphatic rings. The zero-order valence-corrected chi connectivity index (χ0v) is 14.5. The van der Waals surface area contributed by atoms with E-state index in [9.17, 15) is 9.59 Å². The van der Waals surface area contributed by atoms with E-state index < -0.39 is 5.97 Å². The van der Waals surface area contributed by atoms with Crippen molar-refractivity contribution in [1.82, 2.24) is 9.80 Å². The maximum atomic E-state index is 12.1. The number of allylic oxidation sites excluding steroid dienone is 1. The molecule has 0 spiro atoms. The number of carbonyl (C=O) groups excluding carboxylic acids is 1. The summed E-state index contributed by atoms with van der Waals surface area (Å²) < 4.78 is 0. The van der Waals surface area contributed by atoms with Crippen LogP contribution in [0.25, 0.3) is 0 Å². The quantitative estimate of drug-likeness (QED) is 0.469. The van der Waals surface area contributed by atoms with Gasteiger partial charge in [-0.2, -0.15) is 0 Å². The van der Waals surface area contributed by atoms with E-state index in [0.29, 0.717) is 6.42 Å². The number of hydrogen-bond acceptors (Lipinski definition) is 3. The molecule has 5 nitrogen and oxygen atoms in total. The number of hydrogen-bond donors (Lipinski definition) is 1. The van der Waals surface area contributed by atoms with Crippen molar-refractivity contribution < 1.29 is 14.7 Å². The summed E-state index contributed by atoms with van der Waals surface area (Å²) in [5.74, 6) is -0.623. The molecular formula is C18H32N2O3. The average Bonchev–Trinajstić information content (AvgIpc) is 2.54.